The number of aliphatic carboxylic acids is 2. The molecular formula is C20H37N5O7. The van der Waals surface area contributed by atoms with Gasteiger partial charge in [-0.1, -0.05) is 20.3 Å². The summed E-state index contributed by atoms with van der Waals surface area (Å²) in [6.45, 7) is 5.46. The molecule has 0 aromatic carbocycles. The first-order valence-electron chi connectivity index (χ1n) is 10.8. The number of carboxylic acid groups (broad SMARTS) is 2. The van der Waals surface area contributed by atoms with Crippen molar-refractivity contribution in [1.29, 1.82) is 0 Å². The highest BCUT2D eigenvalue weighted by Crippen LogP contribution is 2.10. The van der Waals surface area contributed by atoms with E-state index in [2.05, 4.69) is 16.0 Å². The SMILES string of the molecule is CCC(C)C(NC(=O)C(C)N)C(=O)NC(CCCCN)C(=O)NC(CCC(=O)O)C(=O)O. The Balaban J connectivity index is 5.48. The van der Waals surface area contributed by atoms with Gasteiger partial charge in [0.1, 0.15) is 18.1 Å². The summed E-state index contributed by atoms with van der Waals surface area (Å²) in [6.07, 6.45) is 1.08. The lowest BCUT2D eigenvalue weighted by Gasteiger charge is -2.27. The normalized spacial score (nSPS) is 15.5. The van der Waals surface area contributed by atoms with Gasteiger partial charge in [0, 0.05) is 6.42 Å². The molecule has 0 aliphatic rings. The van der Waals surface area contributed by atoms with E-state index >= 15 is 0 Å². The van der Waals surface area contributed by atoms with E-state index in [1.807, 2.05) is 6.92 Å². The third kappa shape index (κ3) is 11.0. The Morgan fingerprint density at radius 3 is 1.91 bits per heavy atom. The zero-order valence-electron chi connectivity index (χ0n) is 18.9. The molecule has 0 saturated heterocycles. The lowest BCUT2D eigenvalue weighted by atomic mass is 9.97. The lowest BCUT2D eigenvalue weighted by Crippen LogP contribution is -2.58. The standard InChI is InChI=1S/C20H37N5O7/c1-4-11(2)16(25-17(28)12(3)22)19(30)23-13(7-5-6-10-21)18(29)24-14(20(31)32)8-9-15(26)27/h11-14,16H,4-10,21-22H2,1-3H3,(H,23,30)(H,24,29)(H,25,28)(H,26,27)(H,31,32). The maximum Gasteiger partial charge on any atom is 0.326 e. The van der Waals surface area contributed by atoms with Crippen molar-refractivity contribution in [1.82, 2.24) is 16.0 Å². The average molecular weight is 460 g/mol. The van der Waals surface area contributed by atoms with E-state index in [4.69, 9.17) is 16.6 Å². The van der Waals surface area contributed by atoms with Crippen LogP contribution in [-0.4, -0.2) is 70.6 Å². The minimum absolute atomic E-state index is 0.189. The number of nitrogens with one attached hydrogen (secondary N) is 3. The number of hydrogen-bond donors (Lipinski definition) is 7. The van der Waals surface area contributed by atoms with Crippen LogP contribution in [0.3, 0.4) is 0 Å². The third-order valence-electron chi connectivity index (χ3n) is 5.05. The van der Waals surface area contributed by atoms with E-state index in [1.54, 1.807) is 6.92 Å². The first kappa shape index (κ1) is 29.3. The summed E-state index contributed by atoms with van der Waals surface area (Å²) in [5, 5.41) is 25.5. The molecule has 3 amide bonds. The maximum absolute atomic E-state index is 12.9. The molecule has 0 aromatic rings. The molecule has 0 aliphatic heterocycles. The molecule has 0 aliphatic carbocycles. The van der Waals surface area contributed by atoms with Gasteiger partial charge in [-0.05, 0) is 45.1 Å². The van der Waals surface area contributed by atoms with Crippen molar-refractivity contribution < 1.29 is 34.2 Å². The van der Waals surface area contributed by atoms with Crippen LogP contribution in [0, 0.1) is 5.92 Å². The van der Waals surface area contributed by atoms with Crippen LogP contribution in [0.2, 0.25) is 0 Å². The number of amides is 3. The molecule has 0 heterocycles. The van der Waals surface area contributed by atoms with Crippen LogP contribution in [0.5, 0.6) is 0 Å². The second-order valence-electron chi connectivity index (χ2n) is 7.84. The van der Waals surface area contributed by atoms with Gasteiger partial charge < -0.3 is 37.6 Å². The van der Waals surface area contributed by atoms with E-state index in [0.29, 0.717) is 25.8 Å². The summed E-state index contributed by atoms with van der Waals surface area (Å²) in [6, 6.07) is -4.27. The Morgan fingerprint density at radius 1 is 0.844 bits per heavy atom. The summed E-state index contributed by atoms with van der Waals surface area (Å²) >= 11 is 0. The summed E-state index contributed by atoms with van der Waals surface area (Å²) < 4.78 is 0. The Bertz CT molecular complexity index is 656. The molecule has 32 heavy (non-hydrogen) atoms. The molecule has 0 spiro atoms. The molecule has 12 heteroatoms. The number of carbonyl (C=O) groups excluding carboxylic acids is 3. The van der Waals surface area contributed by atoms with Gasteiger partial charge in [0.2, 0.25) is 17.7 Å². The quantitative estimate of drug-likeness (QED) is 0.139. The predicted octanol–water partition coefficient (Wildman–Crippen LogP) is -1.09. The monoisotopic (exact) mass is 459 g/mol. The average Bonchev–Trinajstić information content (AvgIpc) is 2.72. The van der Waals surface area contributed by atoms with E-state index in [1.165, 1.54) is 6.92 Å². The fraction of sp³-hybridized carbons (Fsp3) is 0.750. The Kier molecular flexibility index (Phi) is 13.8. The van der Waals surface area contributed by atoms with E-state index in [-0.39, 0.29) is 18.8 Å². The number of carboxylic acids is 2. The molecule has 5 atom stereocenters. The zero-order valence-corrected chi connectivity index (χ0v) is 18.9. The maximum atomic E-state index is 12.9. The molecule has 9 N–H and O–H groups in total. The molecule has 5 unspecified atom stereocenters. The summed E-state index contributed by atoms with van der Waals surface area (Å²) in [4.78, 5) is 59.9. The van der Waals surface area contributed by atoms with Crippen LogP contribution in [0.15, 0.2) is 0 Å². The van der Waals surface area contributed by atoms with Crippen molar-refractivity contribution in [2.24, 2.45) is 17.4 Å². The number of unbranched alkanes of at least 4 members (excludes halogenated alkanes) is 1. The summed E-state index contributed by atoms with van der Waals surface area (Å²) in [5.74, 6) is -4.71. The number of carbonyl (C=O) groups is 5. The lowest BCUT2D eigenvalue weighted by molar-refractivity contribution is -0.143. The van der Waals surface area contributed by atoms with Gasteiger partial charge in [-0.15, -0.1) is 0 Å². The van der Waals surface area contributed by atoms with Gasteiger partial charge in [-0.3, -0.25) is 19.2 Å². The van der Waals surface area contributed by atoms with Gasteiger partial charge >= 0.3 is 11.9 Å². The highest BCUT2D eigenvalue weighted by Gasteiger charge is 2.31. The molecule has 12 nitrogen and oxygen atoms in total. The minimum atomic E-state index is -1.42. The van der Waals surface area contributed by atoms with Crippen LogP contribution in [0.4, 0.5) is 0 Å². The highest BCUT2D eigenvalue weighted by atomic mass is 16.4. The Morgan fingerprint density at radius 2 is 1.44 bits per heavy atom. The van der Waals surface area contributed by atoms with Crippen molar-refractivity contribution in [2.75, 3.05) is 6.54 Å². The Hall–Kier alpha value is -2.73. The van der Waals surface area contributed by atoms with E-state index in [0.717, 1.165) is 0 Å². The zero-order chi connectivity index (χ0) is 24.8. The van der Waals surface area contributed by atoms with Crippen molar-refractivity contribution in [3.63, 3.8) is 0 Å². The number of rotatable bonds is 16. The van der Waals surface area contributed by atoms with Crippen molar-refractivity contribution in [3.8, 4) is 0 Å². The van der Waals surface area contributed by atoms with Gasteiger partial charge in [-0.25, -0.2) is 4.79 Å². The number of nitrogens with two attached hydrogens (primary N) is 2. The molecule has 184 valence electrons. The first-order chi connectivity index (χ1) is 14.9. The molecule has 0 rings (SSSR count). The fourth-order valence-corrected chi connectivity index (χ4v) is 2.81. The van der Waals surface area contributed by atoms with Crippen LogP contribution in [-0.2, 0) is 24.0 Å². The van der Waals surface area contributed by atoms with Crippen molar-refractivity contribution in [2.45, 2.75) is 83.5 Å². The predicted molar refractivity (Wildman–Crippen MR) is 116 cm³/mol. The topological polar surface area (TPSA) is 214 Å². The summed E-state index contributed by atoms with van der Waals surface area (Å²) in [5.41, 5.74) is 11.1. The van der Waals surface area contributed by atoms with Crippen LogP contribution >= 0.6 is 0 Å². The van der Waals surface area contributed by atoms with Crippen LogP contribution in [0.25, 0.3) is 0 Å². The van der Waals surface area contributed by atoms with Crippen LogP contribution < -0.4 is 27.4 Å². The fourth-order valence-electron chi connectivity index (χ4n) is 2.81. The highest BCUT2D eigenvalue weighted by molar-refractivity contribution is 5.94. The molecule has 0 bridgehead atoms. The van der Waals surface area contributed by atoms with Gasteiger partial charge in [0.15, 0.2) is 0 Å². The third-order valence-corrected chi connectivity index (χ3v) is 5.05. The largest absolute Gasteiger partial charge is 0.481 e. The van der Waals surface area contributed by atoms with Gasteiger partial charge in [0.05, 0.1) is 6.04 Å². The van der Waals surface area contributed by atoms with Crippen molar-refractivity contribution in [3.05, 3.63) is 0 Å². The van der Waals surface area contributed by atoms with Crippen molar-refractivity contribution >= 4 is 29.7 Å². The first-order valence-corrected chi connectivity index (χ1v) is 10.8. The second kappa shape index (κ2) is 15.1. The van der Waals surface area contributed by atoms with Gasteiger partial charge in [-0.2, -0.15) is 0 Å². The Labute approximate surface area is 187 Å². The molecule has 0 saturated carbocycles. The van der Waals surface area contributed by atoms with Gasteiger partial charge in [0.25, 0.3) is 0 Å². The molecule has 0 radical (unpaired) electrons. The van der Waals surface area contributed by atoms with E-state index in [9.17, 15) is 29.1 Å². The second-order valence-corrected chi connectivity index (χ2v) is 7.84. The van der Waals surface area contributed by atoms with E-state index < -0.39 is 60.2 Å². The number of hydrogen-bond acceptors (Lipinski definition) is 7. The summed E-state index contributed by atoms with van der Waals surface area (Å²) in [7, 11) is 0. The molecular weight excluding hydrogens is 422 g/mol. The molecule has 0 fully saturated rings. The minimum Gasteiger partial charge on any atom is -0.481 e. The van der Waals surface area contributed by atoms with Crippen LogP contribution in [0.1, 0.15) is 59.3 Å². The smallest absolute Gasteiger partial charge is 0.326 e. The molecule has 0 aromatic heterocycles.